The molecule has 8 nitrogen and oxygen atoms in total. The number of aliphatic carboxylic acids is 1. The molecule has 2 N–H and O–H groups in total. The Balaban J connectivity index is 1.89. The van der Waals surface area contributed by atoms with Gasteiger partial charge in [0.05, 0.1) is 0 Å². The molecular formula is C18H22N2O6. The van der Waals surface area contributed by atoms with Crippen LogP contribution >= 0.6 is 0 Å². The second kappa shape index (κ2) is 8.98. The highest BCUT2D eigenvalue weighted by molar-refractivity contribution is 5.90. The van der Waals surface area contributed by atoms with Crippen LogP contribution in [0.4, 0.5) is 4.79 Å². The van der Waals surface area contributed by atoms with Gasteiger partial charge in [-0.2, -0.15) is 0 Å². The first-order valence-electron chi connectivity index (χ1n) is 8.49. The molecule has 0 heterocycles. The van der Waals surface area contributed by atoms with Crippen LogP contribution in [0.3, 0.4) is 0 Å². The first kappa shape index (κ1) is 19.4. The number of ether oxygens (including phenoxy) is 1. The maximum absolute atomic E-state index is 11.8. The predicted octanol–water partition coefficient (Wildman–Crippen LogP) is 3.25. The molecule has 1 fully saturated rings. The van der Waals surface area contributed by atoms with Crippen molar-refractivity contribution in [3.63, 3.8) is 0 Å². The number of nitrogens with one attached hydrogen (secondary N) is 1. The van der Waals surface area contributed by atoms with E-state index in [9.17, 15) is 24.8 Å². The van der Waals surface area contributed by atoms with Crippen molar-refractivity contribution in [2.45, 2.75) is 50.7 Å². The van der Waals surface area contributed by atoms with E-state index >= 15 is 0 Å². The van der Waals surface area contributed by atoms with Gasteiger partial charge in [-0.3, -0.25) is 15.4 Å². The predicted molar refractivity (Wildman–Crippen MR) is 92.9 cm³/mol. The van der Waals surface area contributed by atoms with E-state index in [0.29, 0.717) is 12.8 Å². The standard InChI is InChI=1S/C18H22N2O6/c21-16(22)15(9-6-12-18(20(24)25)10-4-5-11-18)19-17(23)26-13-14-7-2-1-3-8-14/h1-3,7-9H,4-6,10-13H2,(H,19,23)(H,21,22)/b15-9+. The molecule has 26 heavy (non-hydrogen) atoms. The zero-order chi connectivity index (χ0) is 19.0. The lowest BCUT2D eigenvalue weighted by molar-refractivity contribution is -0.569. The van der Waals surface area contributed by atoms with Crippen molar-refractivity contribution in [2.24, 2.45) is 0 Å². The van der Waals surface area contributed by atoms with Crippen molar-refractivity contribution < 1.29 is 24.4 Å². The van der Waals surface area contributed by atoms with Gasteiger partial charge in [-0.15, -0.1) is 0 Å². The van der Waals surface area contributed by atoms with Crippen LogP contribution in [-0.4, -0.2) is 27.6 Å². The van der Waals surface area contributed by atoms with Crippen LogP contribution in [0.1, 0.15) is 44.1 Å². The second-order valence-electron chi connectivity index (χ2n) is 6.34. The normalized spacial score (nSPS) is 16.1. The SMILES string of the molecule is O=C(N/C(=C/CCC1([N+](=O)[O-])CCCC1)C(=O)O)OCc1ccccc1. The van der Waals surface area contributed by atoms with E-state index in [1.807, 2.05) is 6.07 Å². The van der Waals surface area contributed by atoms with E-state index in [1.54, 1.807) is 24.3 Å². The molecule has 1 aliphatic rings. The topological polar surface area (TPSA) is 119 Å². The highest BCUT2D eigenvalue weighted by Gasteiger charge is 2.44. The van der Waals surface area contributed by atoms with E-state index in [0.717, 1.165) is 18.4 Å². The van der Waals surface area contributed by atoms with Crippen molar-refractivity contribution in [3.05, 3.63) is 57.8 Å². The number of hydrogen-bond acceptors (Lipinski definition) is 5. The molecule has 0 unspecified atom stereocenters. The van der Waals surface area contributed by atoms with Crippen molar-refractivity contribution in [3.8, 4) is 0 Å². The van der Waals surface area contributed by atoms with E-state index in [-0.39, 0.29) is 30.1 Å². The maximum atomic E-state index is 11.8. The molecule has 140 valence electrons. The third-order valence-corrected chi connectivity index (χ3v) is 4.56. The van der Waals surface area contributed by atoms with Crippen molar-refractivity contribution in [1.29, 1.82) is 0 Å². The minimum absolute atomic E-state index is 0.0179. The molecule has 1 saturated carbocycles. The number of benzene rings is 1. The Labute approximate surface area is 151 Å². The van der Waals surface area contributed by atoms with Crippen LogP contribution in [0, 0.1) is 10.1 Å². The Hall–Kier alpha value is -2.90. The summed E-state index contributed by atoms with van der Waals surface area (Å²) in [6.45, 7) is 0.0179. The minimum Gasteiger partial charge on any atom is -0.477 e. The highest BCUT2D eigenvalue weighted by Crippen LogP contribution is 2.36. The Morgan fingerprint density at radius 2 is 1.92 bits per heavy atom. The van der Waals surface area contributed by atoms with Gasteiger partial charge in [-0.25, -0.2) is 9.59 Å². The Morgan fingerprint density at radius 1 is 1.27 bits per heavy atom. The molecular weight excluding hydrogens is 340 g/mol. The number of amides is 1. The van der Waals surface area contributed by atoms with Crippen LogP contribution < -0.4 is 5.32 Å². The number of carboxylic acids is 1. The van der Waals surface area contributed by atoms with Crippen LogP contribution in [0.5, 0.6) is 0 Å². The third kappa shape index (κ3) is 5.30. The van der Waals surface area contributed by atoms with Gasteiger partial charge in [0, 0.05) is 24.2 Å². The average Bonchev–Trinajstić information content (AvgIpc) is 3.10. The van der Waals surface area contributed by atoms with Crippen LogP contribution in [0.2, 0.25) is 0 Å². The monoisotopic (exact) mass is 362 g/mol. The number of carbonyl (C=O) groups excluding carboxylic acids is 1. The summed E-state index contributed by atoms with van der Waals surface area (Å²) in [5.74, 6) is -1.32. The van der Waals surface area contributed by atoms with Gasteiger partial charge in [0.1, 0.15) is 12.3 Å². The van der Waals surface area contributed by atoms with E-state index in [4.69, 9.17) is 4.74 Å². The van der Waals surface area contributed by atoms with Crippen molar-refractivity contribution in [2.75, 3.05) is 0 Å². The molecule has 0 radical (unpaired) electrons. The number of carboxylic acid groups (broad SMARTS) is 1. The summed E-state index contributed by atoms with van der Waals surface area (Å²) in [5.41, 5.74) is -0.536. The summed E-state index contributed by atoms with van der Waals surface area (Å²) >= 11 is 0. The van der Waals surface area contributed by atoms with Crippen LogP contribution in [0.15, 0.2) is 42.1 Å². The zero-order valence-electron chi connectivity index (χ0n) is 14.3. The van der Waals surface area contributed by atoms with E-state index < -0.39 is 17.6 Å². The molecule has 0 aromatic heterocycles. The van der Waals surface area contributed by atoms with Gasteiger partial charge >= 0.3 is 12.1 Å². The van der Waals surface area contributed by atoms with E-state index in [1.165, 1.54) is 6.08 Å². The molecule has 2 rings (SSSR count). The lowest BCUT2D eigenvalue weighted by atomic mass is 9.92. The number of nitro groups is 1. The first-order valence-corrected chi connectivity index (χ1v) is 8.49. The summed E-state index contributed by atoms with van der Waals surface area (Å²) in [4.78, 5) is 34.1. The molecule has 0 atom stereocenters. The number of carbonyl (C=O) groups is 2. The Morgan fingerprint density at radius 3 is 2.50 bits per heavy atom. The lowest BCUT2D eigenvalue weighted by Gasteiger charge is -2.18. The summed E-state index contributed by atoms with van der Waals surface area (Å²) in [6.07, 6.45) is 3.48. The fraction of sp³-hybridized carbons (Fsp3) is 0.444. The quantitative estimate of drug-likeness (QED) is 0.416. The summed E-state index contributed by atoms with van der Waals surface area (Å²) in [7, 11) is 0. The van der Waals surface area contributed by atoms with Crippen LogP contribution in [0.25, 0.3) is 0 Å². The largest absolute Gasteiger partial charge is 0.477 e. The summed E-state index contributed by atoms with van der Waals surface area (Å²) in [6, 6.07) is 8.98. The first-order chi connectivity index (χ1) is 12.4. The van der Waals surface area contributed by atoms with Crippen molar-refractivity contribution >= 4 is 12.1 Å². The molecule has 1 aromatic rings. The van der Waals surface area contributed by atoms with Gasteiger partial charge in [-0.05, 0) is 24.8 Å². The maximum Gasteiger partial charge on any atom is 0.412 e. The van der Waals surface area contributed by atoms with Crippen molar-refractivity contribution in [1.82, 2.24) is 5.32 Å². The van der Waals surface area contributed by atoms with Crippen LogP contribution in [-0.2, 0) is 16.1 Å². The fourth-order valence-electron chi connectivity index (χ4n) is 3.10. The number of hydrogen-bond donors (Lipinski definition) is 2. The highest BCUT2D eigenvalue weighted by atomic mass is 16.6. The molecule has 1 amide bonds. The van der Waals surface area contributed by atoms with Gasteiger partial charge in [0.2, 0.25) is 5.54 Å². The number of allylic oxidation sites excluding steroid dienone is 1. The van der Waals surface area contributed by atoms with E-state index in [2.05, 4.69) is 5.32 Å². The van der Waals surface area contributed by atoms with Gasteiger partial charge in [0.25, 0.3) is 0 Å². The molecule has 0 aliphatic heterocycles. The summed E-state index contributed by atoms with van der Waals surface area (Å²) in [5, 5.41) is 22.7. The molecule has 0 saturated heterocycles. The molecule has 8 heteroatoms. The third-order valence-electron chi connectivity index (χ3n) is 4.56. The lowest BCUT2D eigenvalue weighted by Crippen LogP contribution is -2.35. The molecule has 1 aromatic carbocycles. The molecule has 0 spiro atoms. The number of nitrogens with zero attached hydrogens (tertiary/aromatic N) is 1. The zero-order valence-corrected chi connectivity index (χ0v) is 14.3. The number of rotatable bonds is 8. The molecule has 1 aliphatic carbocycles. The second-order valence-corrected chi connectivity index (χ2v) is 6.34. The summed E-state index contributed by atoms with van der Waals surface area (Å²) < 4.78 is 4.98. The number of alkyl carbamates (subject to hydrolysis) is 1. The molecule has 0 bridgehead atoms. The van der Waals surface area contributed by atoms with Gasteiger partial charge < -0.3 is 9.84 Å². The van der Waals surface area contributed by atoms with Gasteiger partial charge in [-0.1, -0.05) is 36.4 Å². The smallest absolute Gasteiger partial charge is 0.412 e. The fourth-order valence-corrected chi connectivity index (χ4v) is 3.10. The minimum atomic E-state index is -1.32. The van der Waals surface area contributed by atoms with Gasteiger partial charge in [0.15, 0.2) is 0 Å². The average molecular weight is 362 g/mol. The Kier molecular flexibility index (Phi) is 6.71. The Bertz CT molecular complexity index is 680.